The van der Waals surface area contributed by atoms with Gasteiger partial charge in [-0.05, 0) is 49.4 Å². The van der Waals surface area contributed by atoms with Crippen molar-refractivity contribution in [2.45, 2.75) is 6.92 Å². The number of ether oxygens (including phenoxy) is 1. The van der Waals surface area contributed by atoms with Crippen molar-refractivity contribution in [1.29, 1.82) is 0 Å². The molecular formula is C21H15BrN4O3S. The standard InChI is InChI=1S/C21H15BrN4O3S/c1-3-29-13-7-4-11(5-8-13)18-23-21-26(24-18)20(28)17(30-21)16-14-10-12(22)6-9-15(14)25(2)19(16)27/h4-10H,3H2,1-2H3/b17-16-. The Bertz CT molecular complexity index is 1430. The molecule has 0 radical (unpaired) electrons. The van der Waals surface area contributed by atoms with Crippen LogP contribution in [0.5, 0.6) is 5.75 Å². The van der Waals surface area contributed by atoms with Crippen molar-refractivity contribution in [3.05, 3.63) is 67.4 Å². The van der Waals surface area contributed by atoms with Gasteiger partial charge in [0.2, 0.25) is 4.96 Å². The van der Waals surface area contributed by atoms with Crippen LogP contribution in [0.4, 0.5) is 5.69 Å². The number of thiazole rings is 1. The summed E-state index contributed by atoms with van der Waals surface area (Å²) in [4.78, 5) is 32.5. The second kappa shape index (κ2) is 7.03. The fourth-order valence-electron chi connectivity index (χ4n) is 3.49. The third-order valence-electron chi connectivity index (χ3n) is 4.92. The predicted octanol–water partition coefficient (Wildman–Crippen LogP) is 2.87. The van der Waals surface area contributed by atoms with Crippen LogP contribution in [0.3, 0.4) is 0 Å². The molecule has 0 spiro atoms. The van der Waals surface area contributed by atoms with E-state index < -0.39 is 0 Å². The quantitative estimate of drug-likeness (QED) is 0.448. The van der Waals surface area contributed by atoms with E-state index >= 15 is 0 Å². The third-order valence-corrected chi connectivity index (χ3v) is 6.44. The van der Waals surface area contributed by atoms with E-state index in [-0.39, 0.29) is 11.5 Å². The van der Waals surface area contributed by atoms with E-state index in [1.165, 1.54) is 15.9 Å². The SMILES string of the molecule is CCOc1ccc(-c2nc3s/c(=C4\C(=O)N(C)c5ccc(Br)cc54)c(=O)n3n2)cc1. The molecule has 0 aliphatic carbocycles. The fraction of sp³-hybridized carbons (Fsp3) is 0.143. The zero-order valence-electron chi connectivity index (χ0n) is 16.0. The fourth-order valence-corrected chi connectivity index (χ4v) is 4.85. The Morgan fingerprint density at radius 3 is 2.60 bits per heavy atom. The molecule has 0 N–H and O–H groups in total. The monoisotopic (exact) mass is 482 g/mol. The number of likely N-dealkylation sites (N-methyl/N-ethyl adjacent to an activating group) is 1. The molecular weight excluding hydrogens is 468 g/mol. The first-order valence-corrected chi connectivity index (χ1v) is 10.8. The van der Waals surface area contributed by atoms with Gasteiger partial charge in [0.15, 0.2) is 5.82 Å². The second-order valence-electron chi connectivity index (χ2n) is 6.72. The van der Waals surface area contributed by atoms with E-state index in [4.69, 9.17) is 4.74 Å². The van der Waals surface area contributed by atoms with E-state index in [0.717, 1.165) is 27.0 Å². The van der Waals surface area contributed by atoms with Gasteiger partial charge in [-0.25, -0.2) is 0 Å². The van der Waals surface area contributed by atoms with Gasteiger partial charge in [-0.1, -0.05) is 27.3 Å². The van der Waals surface area contributed by atoms with Gasteiger partial charge >= 0.3 is 0 Å². The Morgan fingerprint density at radius 2 is 1.90 bits per heavy atom. The number of hydrogen-bond donors (Lipinski definition) is 0. The number of halogens is 1. The second-order valence-corrected chi connectivity index (χ2v) is 8.62. The molecule has 0 bridgehead atoms. The highest BCUT2D eigenvalue weighted by molar-refractivity contribution is 9.10. The molecule has 3 heterocycles. The number of fused-ring (bicyclic) bond motifs is 2. The van der Waals surface area contributed by atoms with Crippen LogP contribution in [0, 0.1) is 0 Å². The lowest BCUT2D eigenvalue weighted by Gasteiger charge is -2.08. The molecule has 150 valence electrons. The van der Waals surface area contributed by atoms with Crippen molar-refractivity contribution in [2.75, 3.05) is 18.6 Å². The molecule has 1 aliphatic rings. The molecule has 0 fully saturated rings. The number of rotatable bonds is 3. The van der Waals surface area contributed by atoms with Crippen molar-refractivity contribution in [2.24, 2.45) is 0 Å². The topological polar surface area (TPSA) is 76.8 Å². The van der Waals surface area contributed by atoms with Crippen molar-refractivity contribution in [3.63, 3.8) is 0 Å². The van der Waals surface area contributed by atoms with Crippen LogP contribution in [0.1, 0.15) is 12.5 Å². The first-order chi connectivity index (χ1) is 14.5. The Kier molecular flexibility index (Phi) is 4.44. The van der Waals surface area contributed by atoms with Crippen molar-refractivity contribution in [1.82, 2.24) is 14.6 Å². The molecule has 2 aromatic carbocycles. The van der Waals surface area contributed by atoms with E-state index in [1.807, 2.05) is 49.4 Å². The third kappa shape index (κ3) is 2.85. The van der Waals surface area contributed by atoms with E-state index in [9.17, 15) is 9.59 Å². The summed E-state index contributed by atoms with van der Waals surface area (Å²) in [7, 11) is 1.70. The van der Waals surface area contributed by atoms with Crippen molar-refractivity contribution in [3.8, 4) is 17.1 Å². The summed E-state index contributed by atoms with van der Waals surface area (Å²) in [6.45, 7) is 2.51. The zero-order chi connectivity index (χ0) is 21.0. The summed E-state index contributed by atoms with van der Waals surface area (Å²) in [6, 6.07) is 13.0. The van der Waals surface area contributed by atoms with Crippen LogP contribution < -0.4 is 19.7 Å². The normalized spacial score (nSPS) is 15.2. The zero-order valence-corrected chi connectivity index (χ0v) is 18.5. The lowest BCUT2D eigenvalue weighted by atomic mass is 10.1. The highest BCUT2D eigenvalue weighted by Crippen LogP contribution is 2.36. The first-order valence-electron chi connectivity index (χ1n) is 9.23. The minimum Gasteiger partial charge on any atom is -0.494 e. The maximum absolute atomic E-state index is 13.1. The van der Waals surface area contributed by atoms with Gasteiger partial charge in [0, 0.05) is 22.6 Å². The van der Waals surface area contributed by atoms with Crippen molar-refractivity contribution < 1.29 is 9.53 Å². The molecule has 1 aliphatic heterocycles. The van der Waals surface area contributed by atoms with Crippen molar-refractivity contribution >= 4 is 49.4 Å². The minimum absolute atomic E-state index is 0.212. The van der Waals surface area contributed by atoms with Gasteiger partial charge in [-0.3, -0.25) is 9.59 Å². The van der Waals surface area contributed by atoms with Gasteiger partial charge < -0.3 is 9.64 Å². The van der Waals surface area contributed by atoms with Crippen LogP contribution in [-0.4, -0.2) is 34.2 Å². The molecule has 2 aromatic heterocycles. The van der Waals surface area contributed by atoms with Gasteiger partial charge in [0.05, 0.1) is 17.9 Å². The Balaban J connectivity index is 1.66. The highest BCUT2D eigenvalue weighted by Gasteiger charge is 2.32. The van der Waals surface area contributed by atoms with E-state index in [0.29, 0.717) is 27.5 Å². The Hall–Kier alpha value is -3.04. The molecule has 0 atom stereocenters. The first kappa shape index (κ1) is 19.0. The summed E-state index contributed by atoms with van der Waals surface area (Å²) in [5, 5.41) is 4.38. The Labute approximate surface area is 183 Å². The number of hydrogen-bond acceptors (Lipinski definition) is 6. The molecule has 4 aromatic rings. The maximum atomic E-state index is 13.1. The lowest BCUT2D eigenvalue weighted by molar-refractivity contribution is -0.112. The molecule has 0 unspecified atom stereocenters. The number of anilines is 1. The molecule has 5 rings (SSSR count). The highest BCUT2D eigenvalue weighted by atomic mass is 79.9. The van der Waals surface area contributed by atoms with Crippen LogP contribution in [-0.2, 0) is 4.79 Å². The summed E-state index contributed by atoms with van der Waals surface area (Å²) in [5.74, 6) is 1.01. The molecule has 0 saturated carbocycles. The largest absolute Gasteiger partial charge is 0.494 e. The predicted molar refractivity (Wildman–Crippen MR) is 119 cm³/mol. The summed E-state index contributed by atoms with van der Waals surface area (Å²) < 4.78 is 7.90. The summed E-state index contributed by atoms with van der Waals surface area (Å²) >= 11 is 4.62. The average Bonchev–Trinajstić information content (AvgIpc) is 3.35. The molecule has 7 nitrogen and oxygen atoms in total. The molecule has 0 saturated heterocycles. The van der Waals surface area contributed by atoms with E-state index in [2.05, 4.69) is 26.0 Å². The average molecular weight is 483 g/mol. The molecule has 30 heavy (non-hydrogen) atoms. The Morgan fingerprint density at radius 1 is 1.13 bits per heavy atom. The molecule has 9 heteroatoms. The van der Waals surface area contributed by atoms with Crippen LogP contribution in [0.25, 0.3) is 21.9 Å². The van der Waals surface area contributed by atoms with Gasteiger partial charge in [-0.15, -0.1) is 5.10 Å². The maximum Gasteiger partial charge on any atom is 0.291 e. The smallest absolute Gasteiger partial charge is 0.291 e. The molecule has 1 amide bonds. The minimum atomic E-state index is -0.343. The number of carbonyl (C=O) groups excluding carboxylic acids is 1. The van der Waals surface area contributed by atoms with Gasteiger partial charge in [0.1, 0.15) is 10.3 Å². The number of benzene rings is 2. The number of carbonyl (C=O) groups is 1. The van der Waals surface area contributed by atoms with Gasteiger partial charge in [-0.2, -0.15) is 9.50 Å². The van der Waals surface area contributed by atoms with Crippen LogP contribution in [0.2, 0.25) is 0 Å². The lowest BCUT2D eigenvalue weighted by Crippen LogP contribution is -2.30. The summed E-state index contributed by atoms with van der Waals surface area (Å²) in [5.41, 5.74) is 2.33. The summed E-state index contributed by atoms with van der Waals surface area (Å²) in [6.07, 6.45) is 0. The number of aromatic nitrogens is 3. The number of amides is 1. The number of nitrogens with zero attached hydrogens (tertiary/aromatic N) is 4. The van der Waals surface area contributed by atoms with Crippen LogP contribution >= 0.6 is 27.3 Å². The van der Waals surface area contributed by atoms with Gasteiger partial charge in [0.25, 0.3) is 11.5 Å². The van der Waals surface area contributed by atoms with Crippen LogP contribution in [0.15, 0.2) is 51.7 Å². The van der Waals surface area contributed by atoms with E-state index in [1.54, 1.807) is 11.9 Å².